The van der Waals surface area contributed by atoms with Crippen LogP contribution in [0.25, 0.3) is 6.08 Å². The highest BCUT2D eigenvalue weighted by molar-refractivity contribution is 5.93. The fourth-order valence-electron chi connectivity index (χ4n) is 1.20. The van der Waals surface area contributed by atoms with E-state index < -0.39 is 5.97 Å². The summed E-state index contributed by atoms with van der Waals surface area (Å²) in [6.07, 6.45) is 2.91. The van der Waals surface area contributed by atoms with Crippen LogP contribution >= 0.6 is 0 Å². The number of carbonyl (C=O) groups is 2. The number of esters is 1. The van der Waals surface area contributed by atoms with E-state index in [1.165, 1.54) is 19.1 Å². The maximum Gasteiger partial charge on any atom is 0.341 e. The second-order valence-electron chi connectivity index (χ2n) is 3.28. The van der Waals surface area contributed by atoms with Crippen molar-refractivity contribution < 1.29 is 18.7 Å². The number of aryl methyl sites for hydroxylation is 1. The quantitative estimate of drug-likeness (QED) is 0.579. The Morgan fingerprint density at radius 1 is 1.50 bits per heavy atom. The second-order valence-corrected chi connectivity index (χ2v) is 3.28. The molecule has 1 aromatic heterocycles. The van der Waals surface area contributed by atoms with E-state index in [-0.39, 0.29) is 5.78 Å². The van der Waals surface area contributed by atoms with Crippen LogP contribution in [-0.2, 0) is 9.53 Å². The van der Waals surface area contributed by atoms with Crippen LogP contribution in [-0.4, -0.2) is 18.4 Å². The van der Waals surface area contributed by atoms with Crippen LogP contribution in [0, 0.1) is 6.92 Å². The molecular weight excluding hydrogens is 208 g/mol. The third-order valence-corrected chi connectivity index (χ3v) is 1.91. The molecule has 4 heteroatoms. The summed E-state index contributed by atoms with van der Waals surface area (Å²) in [6, 6.07) is 1.56. The molecular formula is C12H14O4. The third-order valence-electron chi connectivity index (χ3n) is 1.91. The fraction of sp³-hybridized carbons (Fsp3) is 0.333. The van der Waals surface area contributed by atoms with Gasteiger partial charge in [0.05, 0.1) is 6.61 Å². The molecule has 0 saturated heterocycles. The van der Waals surface area contributed by atoms with Crippen molar-refractivity contribution in [1.29, 1.82) is 0 Å². The molecule has 0 aliphatic heterocycles. The van der Waals surface area contributed by atoms with Crippen LogP contribution in [0.1, 0.15) is 35.7 Å². The predicted octanol–water partition coefficient (Wildman–Crippen LogP) is 2.37. The van der Waals surface area contributed by atoms with Gasteiger partial charge in [-0.2, -0.15) is 0 Å². The number of carbonyl (C=O) groups excluding carboxylic acids is 2. The van der Waals surface area contributed by atoms with Crippen molar-refractivity contribution >= 4 is 17.8 Å². The van der Waals surface area contributed by atoms with Crippen molar-refractivity contribution in [1.82, 2.24) is 0 Å². The molecule has 0 N–H and O–H groups in total. The number of rotatable bonds is 4. The van der Waals surface area contributed by atoms with Crippen molar-refractivity contribution in [3.8, 4) is 0 Å². The van der Waals surface area contributed by atoms with Gasteiger partial charge in [0.1, 0.15) is 17.1 Å². The zero-order valence-electron chi connectivity index (χ0n) is 9.57. The molecule has 0 aromatic carbocycles. The van der Waals surface area contributed by atoms with Crippen LogP contribution in [0.3, 0.4) is 0 Å². The Kier molecular flexibility index (Phi) is 4.05. The molecule has 86 valence electrons. The van der Waals surface area contributed by atoms with Gasteiger partial charge in [-0.15, -0.1) is 0 Å². The Morgan fingerprint density at radius 2 is 2.19 bits per heavy atom. The highest BCUT2D eigenvalue weighted by Gasteiger charge is 2.14. The van der Waals surface area contributed by atoms with E-state index in [2.05, 4.69) is 0 Å². The zero-order chi connectivity index (χ0) is 12.1. The van der Waals surface area contributed by atoms with E-state index in [0.29, 0.717) is 23.7 Å². The van der Waals surface area contributed by atoms with Crippen LogP contribution < -0.4 is 0 Å². The maximum absolute atomic E-state index is 11.4. The van der Waals surface area contributed by atoms with Gasteiger partial charge < -0.3 is 9.15 Å². The molecule has 0 fully saturated rings. The minimum Gasteiger partial charge on any atom is -0.462 e. The summed E-state index contributed by atoms with van der Waals surface area (Å²) in [4.78, 5) is 22.2. The van der Waals surface area contributed by atoms with Crippen molar-refractivity contribution in [3.63, 3.8) is 0 Å². The highest BCUT2D eigenvalue weighted by atomic mass is 16.5. The van der Waals surface area contributed by atoms with Gasteiger partial charge in [-0.3, -0.25) is 4.79 Å². The molecule has 0 bridgehead atoms. The molecule has 0 amide bonds. The van der Waals surface area contributed by atoms with E-state index in [9.17, 15) is 9.59 Å². The SMILES string of the molecule is CCOC(=O)c1cc(/C=C/C(C)=O)oc1C. The predicted molar refractivity (Wildman–Crippen MR) is 59.1 cm³/mol. The Bertz CT molecular complexity index is 426. The molecule has 0 radical (unpaired) electrons. The molecule has 1 rings (SSSR count). The lowest BCUT2D eigenvalue weighted by molar-refractivity contribution is -0.112. The summed E-state index contributed by atoms with van der Waals surface area (Å²) in [7, 11) is 0. The molecule has 1 aromatic rings. The second kappa shape index (κ2) is 5.30. The Morgan fingerprint density at radius 3 is 2.75 bits per heavy atom. The number of ketones is 1. The van der Waals surface area contributed by atoms with E-state index in [1.54, 1.807) is 19.9 Å². The Labute approximate surface area is 93.9 Å². The van der Waals surface area contributed by atoms with E-state index >= 15 is 0 Å². The van der Waals surface area contributed by atoms with Gasteiger partial charge in [0.15, 0.2) is 5.78 Å². The van der Waals surface area contributed by atoms with Crippen LogP contribution in [0.4, 0.5) is 0 Å². The van der Waals surface area contributed by atoms with Crippen molar-refractivity contribution in [2.45, 2.75) is 20.8 Å². The van der Waals surface area contributed by atoms with E-state index in [1.807, 2.05) is 0 Å². The van der Waals surface area contributed by atoms with Gasteiger partial charge >= 0.3 is 5.97 Å². The minimum absolute atomic E-state index is 0.0771. The first-order valence-electron chi connectivity index (χ1n) is 5.00. The Balaban J connectivity index is 2.89. The first-order chi connectivity index (χ1) is 7.54. The summed E-state index contributed by atoms with van der Waals surface area (Å²) < 4.78 is 10.2. The van der Waals surface area contributed by atoms with Crippen LogP contribution in [0.2, 0.25) is 0 Å². The van der Waals surface area contributed by atoms with Crippen molar-refractivity contribution in [2.75, 3.05) is 6.61 Å². The molecule has 16 heavy (non-hydrogen) atoms. The first-order valence-corrected chi connectivity index (χ1v) is 5.00. The summed E-state index contributed by atoms with van der Waals surface area (Å²) in [5, 5.41) is 0. The lowest BCUT2D eigenvalue weighted by Crippen LogP contribution is -2.04. The van der Waals surface area contributed by atoms with Gasteiger partial charge in [0.25, 0.3) is 0 Å². The normalized spacial score (nSPS) is 10.7. The summed E-state index contributed by atoms with van der Waals surface area (Å²) in [5.74, 6) is 0.468. The molecule has 1 heterocycles. The van der Waals surface area contributed by atoms with Gasteiger partial charge in [0.2, 0.25) is 0 Å². The maximum atomic E-state index is 11.4. The molecule has 0 aliphatic carbocycles. The number of hydrogen-bond donors (Lipinski definition) is 0. The van der Waals surface area contributed by atoms with Crippen LogP contribution in [0.5, 0.6) is 0 Å². The largest absolute Gasteiger partial charge is 0.462 e. The molecule has 0 spiro atoms. The average Bonchev–Trinajstić information content (AvgIpc) is 2.57. The standard InChI is InChI=1S/C12H14O4/c1-4-15-12(14)11-7-10(16-9(11)3)6-5-8(2)13/h5-7H,4H2,1-3H3/b6-5+. The molecule has 0 saturated carbocycles. The lowest BCUT2D eigenvalue weighted by atomic mass is 10.2. The summed E-state index contributed by atoms with van der Waals surface area (Å²) >= 11 is 0. The van der Waals surface area contributed by atoms with E-state index in [4.69, 9.17) is 9.15 Å². The minimum atomic E-state index is -0.411. The third kappa shape index (κ3) is 3.08. The molecule has 4 nitrogen and oxygen atoms in total. The number of hydrogen-bond acceptors (Lipinski definition) is 4. The van der Waals surface area contributed by atoms with Gasteiger partial charge in [-0.25, -0.2) is 4.79 Å². The smallest absolute Gasteiger partial charge is 0.341 e. The van der Waals surface area contributed by atoms with Gasteiger partial charge in [-0.05, 0) is 39.0 Å². The van der Waals surface area contributed by atoms with Crippen LogP contribution in [0.15, 0.2) is 16.6 Å². The van der Waals surface area contributed by atoms with Crippen molar-refractivity contribution in [2.24, 2.45) is 0 Å². The van der Waals surface area contributed by atoms with Gasteiger partial charge in [0, 0.05) is 0 Å². The molecule has 0 aliphatic rings. The lowest BCUT2D eigenvalue weighted by Gasteiger charge is -1.97. The van der Waals surface area contributed by atoms with E-state index in [0.717, 1.165) is 0 Å². The molecule has 0 atom stereocenters. The highest BCUT2D eigenvalue weighted by Crippen LogP contribution is 2.16. The monoisotopic (exact) mass is 222 g/mol. The topological polar surface area (TPSA) is 56.5 Å². The number of allylic oxidation sites excluding steroid dienone is 1. The summed E-state index contributed by atoms with van der Waals surface area (Å²) in [6.45, 7) is 5.18. The Hall–Kier alpha value is -1.84. The van der Waals surface area contributed by atoms with Crippen molar-refractivity contribution in [3.05, 3.63) is 29.2 Å². The summed E-state index contributed by atoms with van der Waals surface area (Å²) in [5.41, 5.74) is 0.394. The van der Waals surface area contributed by atoms with Gasteiger partial charge in [-0.1, -0.05) is 0 Å². The average molecular weight is 222 g/mol. The first kappa shape index (κ1) is 12.2. The zero-order valence-corrected chi connectivity index (χ0v) is 9.57. The number of furan rings is 1. The number of ether oxygens (including phenoxy) is 1. The fourth-order valence-corrected chi connectivity index (χ4v) is 1.20. The molecule has 0 unspecified atom stereocenters.